The third-order valence-corrected chi connectivity index (χ3v) is 3.11. The molecule has 1 atom stereocenters. The summed E-state index contributed by atoms with van der Waals surface area (Å²) in [7, 11) is 0. The normalized spacial score (nSPS) is 11.4. The van der Waals surface area contributed by atoms with Crippen LogP contribution in [0, 0.1) is 0 Å². The van der Waals surface area contributed by atoms with E-state index in [1.807, 2.05) is 0 Å². The van der Waals surface area contributed by atoms with Crippen LogP contribution in [0.1, 0.15) is 23.7 Å². The largest absolute Gasteiger partial charge is 0.472 e. The van der Waals surface area contributed by atoms with Gasteiger partial charge in [-0.25, -0.2) is 4.98 Å². The number of pyridine rings is 1. The molecule has 3 amide bonds. The Kier molecular flexibility index (Phi) is 6.07. The number of hydrogen-bond acceptors (Lipinski definition) is 5. The Hall–Kier alpha value is -3.16. The van der Waals surface area contributed by atoms with Crippen molar-refractivity contribution >= 4 is 23.5 Å². The van der Waals surface area contributed by atoms with Crippen LogP contribution in [-0.2, 0) is 9.59 Å². The molecule has 0 bridgehead atoms. The highest BCUT2D eigenvalue weighted by Crippen LogP contribution is 2.01. The molecule has 0 saturated heterocycles. The lowest BCUT2D eigenvalue weighted by atomic mass is 10.2. The first-order chi connectivity index (χ1) is 11.6. The van der Waals surface area contributed by atoms with Crippen molar-refractivity contribution < 1.29 is 18.8 Å². The lowest BCUT2D eigenvalue weighted by Gasteiger charge is -2.13. The zero-order chi connectivity index (χ0) is 17.4. The first-order valence-corrected chi connectivity index (χ1v) is 7.38. The molecule has 0 aliphatic rings. The number of carbonyl (C=O) groups is 3. The highest BCUT2D eigenvalue weighted by Gasteiger charge is 2.17. The molecular formula is C16H18N4O4. The molecule has 0 radical (unpaired) electrons. The molecule has 126 valence electrons. The molecule has 8 heteroatoms. The number of furan rings is 1. The van der Waals surface area contributed by atoms with Crippen LogP contribution in [0.25, 0.3) is 0 Å². The van der Waals surface area contributed by atoms with Crippen molar-refractivity contribution in [2.24, 2.45) is 0 Å². The maximum absolute atomic E-state index is 11.9. The summed E-state index contributed by atoms with van der Waals surface area (Å²) in [6, 6.07) is 5.95. The van der Waals surface area contributed by atoms with E-state index >= 15 is 0 Å². The van der Waals surface area contributed by atoms with Gasteiger partial charge in [-0.3, -0.25) is 14.4 Å². The third kappa shape index (κ3) is 5.24. The van der Waals surface area contributed by atoms with E-state index in [9.17, 15) is 14.4 Å². The summed E-state index contributed by atoms with van der Waals surface area (Å²) in [6.07, 6.45) is 4.34. The van der Waals surface area contributed by atoms with Crippen molar-refractivity contribution in [1.29, 1.82) is 0 Å². The number of nitrogens with zero attached hydrogens (tertiary/aromatic N) is 1. The lowest BCUT2D eigenvalue weighted by Crippen LogP contribution is -2.45. The van der Waals surface area contributed by atoms with Gasteiger partial charge in [0.1, 0.15) is 18.1 Å². The molecule has 0 saturated carbocycles. The van der Waals surface area contributed by atoms with Crippen molar-refractivity contribution in [2.75, 3.05) is 11.9 Å². The van der Waals surface area contributed by atoms with Crippen LogP contribution in [-0.4, -0.2) is 35.3 Å². The van der Waals surface area contributed by atoms with Crippen molar-refractivity contribution in [3.63, 3.8) is 0 Å². The van der Waals surface area contributed by atoms with Crippen LogP contribution in [0.2, 0.25) is 0 Å². The molecule has 2 rings (SSSR count). The monoisotopic (exact) mass is 330 g/mol. The number of amides is 3. The third-order valence-electron chi connectivity index (χ3n) is 3.11. The molecule has 0 unspecified atom stereocenters. The minimum atomic E-state index is -0.730. The Bertz CT molecular complexity index is 685. The molecule has 24 heavy (non-hydrogen) atoms. The van der Waals surface area contributed by atoms with Crippen LogP contribution >= 0.6 is 0 Å². The van der Waals surface area contributed by atoms with Gasteiger partial charge in [0.25, 0.3) is 5.91 Å². The maximum Gasteiger partial charge on any atom is 0.255 e. The fourth-order valence-electron chi connectivity index (χ4n) is 1.83. The fraction of sp³-hybridized carbons (Fsp3) is 0.250. The van der Waals surface area contributed by atoms with Crippen molar-refractivity contribution in [2.45, 2.75) is 19.4 Å². The Labute approximate surface area is 138 Å². The van der Waals surface area contributed by atoms with Gasteiger partial charge < -0.3 is 20.4 Å². The topological polar surface area (TPSA) is 113 Å². The number of rotatable bonds is 7. The van der Waals surface area contributed by atoms with E-state index in [0.717, 1.165) is 0 Å². The maximum atomic E-state index is 11.9. The quantitative estimate of drug-likeness (QED) is 0.699. The summed E-state index contributed by atoms with van der Waals surface area (Å²) in [5.41, 5.74) is 0.337. The SMILES string of the molecule is C[C@@H](NC(=O)c1ccoc1)C(=O)NCCC(=O)Nc1ccccn1. The molecule has 2 aromatic rings. The summed E-state index contributed by atoms with van der Waals surface area (Å²) in [5, 5.41) is 7.74. The molecule has 0 aliphatic carbocycles. The van der Waals surface area contributed by atoms with Crippen LogP contribution < -0.4 is 16.0 Å². The smallest absolute Gasteiger partial charge is 0.255 e. The van der Waals surface area contributed by atoms with Gasteiger partial charge in [-0.2, -0.15) is 0 Å². The highest BCUT2D eigenvalue weighted by atomic mass is 16.3. The number of hydrogen-bond donors (Lipinski definition) is 3. The first-order valence-electron chi connectivity index (χ1n) is 7.38. The van der Waals surface area contributed by atoms with Gasteiger partial charge >= 0.3 is 0 Å². The van der Waals surface area contributed by atoms with Crippen LogP contribution in [0.15, 0.2) is 47.4 Å². The Balaban J connectivity index is 1.68. The van der Waals surface area contributed by atoms with E-state index < -0.39 is 11.9 Å². The molecule has 0 spiro atoms. The molecule has 0 aliphatic heterocycles. The summed E-state index contributed by atoms with van der Waals surface area (Å²) < 4.78 is 4.81. The van der Waals surface area contributed by atoms with Crippen LogP contribution in [0.5, 0.6) is 0 Å². The molecule has 2 heterocycles. The van der Waals surface area contributed by atoms with E-state index in [1.165, 1.54) is 18.6 Å². The van der Waals surface area contributed by atoms with Crippen molar-refractivity contribution in [3.05, 3.63) is 48.6 Å². The van der Waals surface area contributed by atoms with Crippen LogP contribution in [0.3, 0.4) is 0 Å². The van der Waals surface area contributed by atoms with Gasteiger partial charge in [-0.1, -0.05) is 6.07 Å². The second-order valence-electron chi connectivity index (χ2n) is 5.01. The Morgan fingerprint density at radius 2 is 2.08 bits per heavy atom. The van der Waals surface area contributed by atoms with Gasteiger partial charge in [0.15, 0.2) is 0 Å². The summed E-state index contributed by atoms with van der Waals surface area (Å²) in [6.45, 7) is 1.71. The van der Waals surface area contributed by atoms with Gasteiger partial charge in [-0.05, 0) is 25.1 Å². The first kappa shape index (κ1) is 17.2. The van der Waals surface area contributed by atoms with E-state index in [0.29, 0.717) is 11.4 Å². The zero-order valence-corrected chi connectivity index (χ0v) is 13.1. The van der Waals surface area contributed by atoms with Gasteiger partial charge in [-0.15, -0.1) is 0 Å². The Morgan fingerprint density at radius 3 is 2.75 bits per heavy atom. The van der Waals surface area contributed by atoms with Crippen molar-refractivity contribution in [3.8, 4) is 0 Å². The second-order valence-corrected chi connectivity index (χ2v) is 5.01. The average Bonchev–Trinajstić information content (AvgIpc) is 3.10. The summed E-state index contributed by atoms with van der Waals surface area (Å²) >= 11 is 0. The predicted molar refractivity (Wildman–Crippen MR) is 86.1 cm³/mol. The number of aromatic nitrogens is 1. The van der Waals surface area contributed by atoms with Gasteiger partial charge in [0, 0.05) is 19.2 Å². The standard InChI is InChI=1S/C16H18N4O4/c1-11(19-16(23)12-6-9-24-10-12)15(22)18-8-5-14(21)20-13-4-2-3-7-17-13/h2-4,6-7,9-11H,5,8H2,1H3,(H,18,22)(H,19,23)(H,17,20,21)/t11-/m1/s1. The van der Waals surface area contributed by atoms with E-state index in [1.54, 1.807) is 31.3 Å². The van der Waals surface area contributed by atoms with E-state index in [4.69, 9.17) is 4.42 Å². The molecule has 0 fully saturated rings. The highest BCUT2D eigenvalue weighted by molar-refractivity contribution is 5.97. The number of carbonyl (C=O) groups excluding carboxylic acids is 3. The molecule has 3 N–H and O–H groups in total. The fourth-order valence-corrected chi connectivity index (χ4v) is 1.83. The molecular weight excluding hydrogens is 312 g/mol. The zero-order valence-electron chi connectivity index (χ0n) is 13.1. The van der Waals surface area contributed by atoms with Gasteiger partial charge in [0.2, 0.25) is 11.8 Å². The summed E-state index contributed by atoms with van der Waals surface area (Å²) in [4.78, 5) is 39.4. The van der Waals surface area contributed by atoms with Crippen molar-refractivity contribution in [1.82, 2.24) is 15.6 Å². The van der Waals surface area contributed by atoms with E-state index in [-0.39, 0.29) is 24.8 Å². The van der Waals surface area contributed by atoms with Crippen LogP contribution in [0.4, 0.5) is 5.82 Å². The Morgan fingerprint density at radius 1 is 1.25 bits per heavy atom. The molecule has 2 aromatic heterocycles. The lowest BCUT2D eigenvalue weighted by molar-refractivity contribution is -0.122. The van der Waals surface area contributed by atoms with Gasteiger partial charge in [0.05, 0.1) is 11.8 Å². The van der Waals surface area contributed by atoms with E-state index in [2.05, 4.69) is 20.9 Å². The predicted octanol–water partition coefficient (Wildman–Crippen LogP) is 0.938. The number of anilines is 1. The second kappa shape index (κ2) is 8.47. The molecule has 8 nitrogen and oxygen atoms in total. The summed E-state index contributed by atoms with van der Waals surface area (Å²) in [5.74, 6) is -0.588. The minimum absolute atomic E-state index is 0.102. The average molecular weight is 330 g/mol. The molecule has 0 aromatic carbocycles. The minimum Gasteiger partial charge on any atom is -0.472 e. The number of nitrogens with one attached hydrogen (secondary N) is 3.